The van der Waals surface area contributed by atoms with E-state index in [0.717, 1.165) is 0 Å². The van der Waals surface area contributed by atoms with Gasteiger partial charge in [-0.15, -0.1) is 0 Å². The van der Waals surface area contributed by atoms with Crippen LogP contribution in [0.3, 0.4) is 0 Å². The Morgan fingerprint density at radius 2 is 2.18 bits per heavy atom. The molecule has 17 heavy (non-hydrogen) atoms. The first-order valence-electron chi connectivity index (χ1n) is 5.10. The molecule has 7 heteroatoms. The molecule has 1 aromatic carbocycles. The molecule has 1 aromatic rings. The SMILES string of the molecule is CCOCCNS(=O)(=O)c1ccc(Br)c(N)c1. The second-order valence-electron chi connectivity index (χ2n) is 3.28. The van der Waals surface area contributed by atoms with Crippen molar-refractivity contribution in [2.45, 2.75) is 11.8 Å². The van der Waals surface area contributed by atoms with E-state index in [-0.39, 0.29) is 11.4 Å². The first-order chi connectivity index (χ1) is 7.97. The summed E-state index contributed by atoms with van der Waals surface area (Å²) in [5.74, 6) is 0. The van der Waals surface area contributed by atoms with Crippen molar-refractivity contribution in [3.8, 4) is 0 Å². The van der Waals surface area contributed by atoms with Gasteiger partial charge in [0.05, 0.1) is 11.5 Å². The minimum Gasteiger partial charge on any atom is -0.398 e. The van der Waals surface area contributed by atoms with E-state index in [4.69, 9.17) is 10.5 Å². The molecule has 1 rings (SSSR count). The molecule has 0 heterocycles. The van der Waals surface area contributed by atoms with Crippen LogP contribution in [-0.2, 0) is 14.8 Å². The fourth-order valence-corrected chi connectivity index (χ4v) is 2.46. The first-order valence-corrected chi connectivity index (χ1v) is 7.37. The lowest BCUT2D eigenvalue weighted by molar-refractivity contribution is 0.153. The Morgan fingerprint density at radius 1 is 1.47 bits per heavy atom. The van der Waals surface area contributed by atoms with Gasteiger partial charge in [-0.3, -0.25) is 0 Å². The summed E-state index contributed by atoms with van der Waals surface area (Å²) < 4.78 is 31.8. The lowest BCUT2D eigenvalue weighted by atomic mass is 10.3. The first kappa shape index (κ1) is 14.4. The van der Waals surface area contributed by atoms with E-state index in [9.17, 15) is 8.42 Å². The Hall–Kier alpha value is -0.630. The molecular formula is C10H15BrN2O3S. The maximum Gasteiger partial charge on any atom is 0.240 e. The Labute approximate surface area is 110 Å². The van der Waals surface area contributed by atoms with Gasteiger partial charge in [0.1, 0.15) is 0 Å². The van der Waals surface area contributed by atoms with Crippen LogP contribution in [0.15, 0.2) is 27.6 Å². The van der Waals surface area contributed by atoms with Crippen LogP contribution in [0.2, 0.25) is 0 Å². The van der Waals surface area contributed by atoms with Crippen LogP contribution in [0.1, 0.15) is 6.92 Å². The van der Waals surface area contributed by atoms with E-state index in [0.29, 0.717) is 23.4 Å². The highest BCUT2D eigenvalue weighted by Crippen LogP contribution is 2.22. The highest BCUT2D eigenvalue weighted by atomic mass is 79.9. The van der Waals surface area contributed by atoms with E-state index in [1.165, 1.54) is 12.1 Å². The monoisotopic (exact) mass is 322 g/mol. The van der Waals surface area contributed by atoms with Crippen LogP contribution in [-0.4, -0.2) is 28.2 Å². The zero-order valence-electron chi connectivity index (χ0n) is 9.44. The zero-order chi connectivity index (χ0) is 12.9. The molecule has 0 spiro atoms. The Morgan fingerprint density at radius 3 is 2.76 bits per heavy atom. The number of halogens is 1. The summed E-state index contributed by atoms with van der Waals surface area (Å²) in [4.78, 5) is 0.148. The minimum absolute atomic E-state index is 0.148. The van der Waals surface area contributed by atoms with Crippen molar-refractivity contribution < 1.29 is 13.2 Å². The number of anilines is 1. The van der Waals surface area contributed by atoms with Crippen molar-refractivity contribution in [3.05, 3.63) is 22.7 Å². The van der Waals surface area contributed by atoms with E-state index < -0.39 is 10.0 Å². The maximum absolute atomic E-state index is 11.8. The molecule has 3 N–H and O–H groups in total. The predicted molar refractivity (Wildman–Crippen MR) is 70.2 cm³/mol. The number of rotatable bonds is 6. The van der Waals surface area contributed by atoms with Gasteiger partial charge in [0.15, 0.2) is 0 Å². The topological polar surface area (TPSA) is 81.4 Å². The third-order valence-corrected chi connectivity index (χ3v) is 4.20. The van der Waals surface area contributed by atoms with Gasteiger partial charge in [0.25, 0.3) is 0 Å². The molecule has 0 radical (unpaired) electrons. The maximum atomic E-state index is 11.8. The lowest BCUT2D eigenvalue weighted by Gasteiger charge is -2.08. The van der Waals surface area contributed by atoms with Crippen LogP contribution >= 0.6 is 15.9 Å². The second-order valence-corrected chi connectivity index (χ2v) is 5.90. The summed E-state index contributed by atoms with van der Waals surface area (Å²) in [6, 6.07) is 4.50. The smallest absolute Gasteiger partial charge is 0.240 e. The second kappa shape index (κ2) is 6.34. The van der Waals surface area contributed by atoms with E-state index >= 15 is 0 Å². The highest BCUT2D eigenvalue weighted by Gasteiger charge is 2.14. The molecule has 0 aliphatic carbocycles. The number of nitrogen functional groups attached to an aromatic ring is 1. The average Bonchev–Trinajstić information content (AvgIpc) is 2.28. The van der Waals surface area contributed by atoms with Gasteiger partial charge in [0, 0.05) is 23.3 Å². The molecule has 5 nitrogen and oxygen atoms in total. The van der Waals surface area contributed by atoms with Crippen molar-refractivity contribution in [1.29, 1.82) is 0 Å². The molecule has 96 valence electrons. The predicted octanol–water partition coefficient (Wildman–Crippen LogP) is 1.35. The summed E-state index contributed by atoms with van der Waals surface area (Å²) >= 11 is 3.21. The highest BCUT2D eigenvalue weighted by molar-refractivity contribution is 9.10. The molecule has 0 saturated carbocycles. The van der Waals surface area contributed by atoms with Crippen molar-refractivity contribution in [1.82, 2.24) is 4.72 Å². The normalized spacial score (nSPS) is 11.6. The number of nitrogens with one attached hydrogen (secondary N) is 1. The summed E-state index contributed by atoms with van der Waals surface area (Å²) in [6.07, 6.45) is 0. The molecule has 0 aliphatic rings. The number of hydrogen-bond donors (Lipinski definition) is 2. The third kappa shape index (κ3) is 4.27. The molecule has 0 amide bonds. The van der Waals surface area contributed by atoms with E-state index in [2.05, 4.69) is 20.7 Å². The fourth-order valence-electron chi connectivity index (χ4n) is 1.16. The molecular weight excluding hydrogens is 308 g/mol. The Kier molecular flexibility index (Phi) is 5.38. The van der Waals surface area contributed by atoms with Crippen molar-refractivity contribution in [3.63, 3.8) is 0 Å². The lowest BCUT2D eigenvalue weighted by Crippen LogP contribution is -2.27. The number of sulfonamides is 1. The molecule has 0 aromatic heterocycles. The number of benzene rings is 1. The number of nitrogens with two attached hydrogens (primary N) is 1. The van der Waals surface area contributed by atoms with E-state index in [1.807, 2.05) is 6.92 Å². The zero-order valence-corrected chi connectivity index (χ0v) is 11.8. The summed E-state index contributed by atoms with van der Waals surface area (Å²) in [7, 11) is -3.51. The molecule has 0 bridgehead atoms. The van der Waals surface area contributed by atoms with Crippen LogP contribution in [0, 0.1) is 0 Å². The van der Waals surface area contributed by atoms with Gasteiger partial charge in [-0.25, -0.2) is 13.1 Å². The van der Waals surface area contributed by atoms with Gasteiger partial charge < -0.3 is 10.5 Å². The van der Waals surface area contributed by atoms with E-state index in [1.54, 1.807) is 6.07 Å². The Balaban J connectivity index is 2.72. The van der Waals surface area contributed by atoms with Gasteiger partial charge >= 0.3 is 0 Å². The van der Waals surface area contributed by atoms with Gasteiger partial charge in [-0.2, -0.15) is 0 Å². The molecule has 0 saturated heterocycles. The summed E-state index contributed by atoms with van der Waals surface area (Å²) in [6.45, 7) is 3.00. The molecule has 0 aliphatic heterocycles. The number of hydrogen-bond acceptors (Lipinski definition) is 4. The quantitative estimate of drug-likeness (QED) is 0.611. The fraction of sp³-hybridized carbons (Fsp3) is 0.400. The van der Waals surface area contributed by atoms with Gasteiger partial charge in [-0.1, -0.05) is 0 Å². The van der Waals surface area contributed by atoms with Crippen molar-refractivity contribution in [2.24, 2.45) is 0 Å². The summed E-state index contributed by atoms with van der Waals surface area (Å²) in [5.41, 5.74) is 6.02. The van der Waals surface area contributed by atoms with Crippen LogP contribution in [0.4, 0.5) is 5.69 Å². The third-order valence-electron chi connectivity index (χ3n) is 2.02. The van der Waals surface area contributed by atoms with Crippen molar-refractivity contribution >= 4 is 31.6 Å². The van der Waals surface area contributed by atoms with Gasteiger partial charge in [0.2, 0.25) is 10.0 Å². The van der Waals surface area contributed by atoms with Crippen LogP contribution in [0.5, 0.6) is 0 Å². The molecule has 0 atom stereocenters. The minimum atomic E-state index is -3.51. The molecule has 0 unspecified atom stereocenters. The Bertz CT molecular complexity index is 476. The standard InChI is InChI=1S/C10H15BrN2O3S/c1-2-16-6-5-13-17(14,15)8-3-4-9(11)10(12)7-8/h3-4,7,13H,2,5-6,12H2,1H3. The summed E-state index contributed by atoms with van der Waals surface area (Å²) in [5, 5.41) is 0. The molecule has 0 fully saturated rings. The van der Waals surface area contributed by atoms with Gasteiger partial charge in [-0.05, 0) is 41.1 Å². The van der Waals surface area contributed by atoms with Crippen LogP contribution in [0.25, 0.3) is 0 Å². The number of ether oxygens (including phenoxy) is 1. The largest absolute Gasteiger partial charge is 0.398 e. The van der Waals surface area contributed by atoms with Crippen molar-refractivity contribution in [2.75, 3.05) is 25.5 Å². The average molecular weight is 323 g/mol. The van der Waals surface area contributed by atoms with Crippen LogP contribution < -0.4 is 10.5 Å².